The number of hydrogen-bond donors (Lipinski definition) is 1. The Kier molecular flexibility index (Phi) is 4.38. The molecule has 0 atom stereocenters. The molecule has 0 saturated heterocycles. The maximum Gasteiger partial charge on any atom is 0.250 e. The monoisotopic (exact) mass is 360 g/mol. The summed E-state index contributed by atoms with van der Waals surface area (Å²) < 4.78 is 15.9. The van der Waals surface area contributed by atoms with Crippen molar-refractivity contribution in [2.24, 2.45) is 10.3 Å². The highest BCUT2D eigenvalue weighted by atomic mass is 31.2. The molecule has 3 aromatic rings. The van der Waals surface area contributed by atoms with Gasteiger partial charge in [0.15, 0.2) is 5.82 Å². The second kappa shape index (κ2) is 6.98. The molecule has 0 aromatic heterocycles. The van der Waals surface area contributed by atoms with E-state index in [1.807, 2.05) is 97.1 Å². The van der Waals surface area contributed by atoms with E-state index in [0.29, 0.717) is 16.4 Å². The molecule has 1 aliphatic heterocycles. The minimum absolute atomic E-state index is 0.507. The number of nitrogens with zero attached hydrogens (tertiary/aromatic N) is 3. The SMILES string of the molecule is O=P(c1ccccc1)(c1ccccc1)N1NN=N/C1=C\c1ccccc1. The van der Waals surface area contributed by atoms with Gasteiger partial charge in [-0.15, -0.1) is 5.11 Å². The molecule has 6 heteroatoms. The maximum absolute atomic E-state index is 14.3. The van der Waals surface area contributed by atoms with Crippen molar-refractivity contribution in [3.05, 3.63) is 102 Å². The van der Waals surface area contributed by atoms with Crippen molar-refractivity contribution in [2.45, 2.75) is 0 Å². The Hall–Kier alpha value is -3.17. The Balaban J connectivity index is 1.85. The average Bonchev–Trinajstić information content (AvgIpc) is 3.18. The molecule has 0 unspecified atom stereocenters. The van der Waals surface area contributed by atoms with Gasteiger partial charge >= 0.3 is 0 Å². The summed E-state index contributed by atoms with van der Waals surface area (Å²) in [5.41, 5.74) is 3.79. The van der Waals surface area contributed by atoms with E-state index in [-0.39, 0.29) is 0 Å². The topological polar surface area (TPSA) is 57.1 Å². The molecular formula is C20H17N4OP. The van der Waals surface area contributed by atoms with Crippen LogP contribution in [-0.2, 0) is 4.57 Å². The first-order chi connectivity index (χ1) is 12.8. The fraction of sp³-hybridized carbons (Fsp3) is 0. The summed E-state index contributed by atoms with van der Waals surface area (Å²) >= 11 is 0. The molecule has 0 saturated carbocycles. The average molecular weight is 360 g/mol. The van der Waals surface area contributed by atoms with Gasteiger partial charge in [-0.05, 0) is 35.9 Å². The fourth-order valence-electron chi connectivity index (χ4n) is 2.85. The zero-order valence-electron chi connectivity index (χ0n) is 13.9. The van der Waals surface area contributed by atoms with Crippen molar-refractivity contribution < 1.29 is 4.57 Å². The van der Waals surface area contributed by atoms with E-state index in [9.17, 15) is 4.57 Å². The molecule has 0 bridgehead atoms. The van der Waals surface area contributed by atoms with Gasteiger partial charge in [0.25, 0.3) is 0 Å². The molecule has 4 rings (SSSR count). The third-order valence-electron chi connectivity index (χ3n) is 4.10. The summed E-state index contributed by atoms with van der Waals surface area (Å²) in [6, 6.07) is 28.6. The summed E-state index contributed by atoms with van der Waals surface area (Å²) in [5, 5.41) is 9.50. The van der Waals surface area contributed by atoms with Crippen LogP contribution in [0.5, 0.6) is 0 Å². The molecule has 128 valence electrons. The fourth-order valence-corrected chi connectivity index (χ4v) is 5.31. The van der Waals surface area contributed by atoms with Crippen molar-refractivity contribution in [3.8, 4) is 0 Å². The molecule has 0 fully saturated rings. The van der Waals surface area contributed by atoms with Crippen LogP contribution >= 0.6 is 7.29 Å². The highest BCUT2D eigenvalue weighted by molar-refractivity contribution is 7.76. The summed E-state index contributed by atoms with van der Waals surface area (Å²) in [5.74, 6) is 0.507. The first kappa shape index (κ1) is 16.3. The molecule has 0 radical (unpaired) electrons. The van der Waals surface area contributed by atoms with Gasteiger partial charge in [0.05, 0.1) is 0 Å². The smallest absolute Gasteiger partial charge is 0.250 e. The van der Waals surface area contributed by atoms with Crippen LogP contribution in [-0.4, -0.2) is 4.78 Å². The van der Waals surface area contributed by atoms with Gasteiger partial charge in [0.2, 0.25) is 7.29 Å². The number of hydrazine groups is 1. The van der Waals surface area contributed by atoms with Gasteiger partial charge in [-0.25, -0.2) is 0 Å². The third kappa shape index (κ3) is 2.93. The van der Waals surface area contributed by atoms with Crippen LogP contribution in [0.4, 0.5) is 0 Å². The van der Waals surface area contributed by atoms with Gasteiger partial charge < -0.3 is 0 Å². The van der Waals surface area contributed by atoms with Gasteiger partial charge in [-0.3, -0.25) is 4.57 Å². The highest BCUT2D eigenvalue weighted by Crippen LogP contribution is 2.50. The zero-order valence-corrected chi connectivity index (χ0v) is 14.8. The number of hydrogen-bond acceptors (Lipinski definition) is 4. The number of rotatable bonds is 4. The zero-order chi connectivity index (χ0) is 17.8. The van der Waals surface area contributed by atoms with Crippen molar-refractivity contribution in [3.63, 3.8) is 0 Å². The molecular weight excluding hydrogens is 343 g/mol. The van der Waals surface area contributed by atoms with E-state index >= 15 is 0 Å². The van der Waals surface area contributed by atoms with E-state index in [0.717, 1.165) is 5.56 Å². The Morgan fingerprint density at radius 3 is 1.81 bits per heavy atom. The third-order valence-corrected chi connectivity index (χ3v) is 6.95. The summed E-state index contributed by atoms with van der Waals surface area (Å²) in [6.07, 6.45) is 1.86. The molecule has 5 nitrogen and oxygen atoms in total. The predicted octanol–water partition coefficient (Wildman–Crippen LogP) is 4.10. The summed E-state index contributed by atoms with van der Waals surface area (Å²) in [4.78, 5) is 0. The van der Waals surface area contributed by atoms with Crippen LogP contribution in [0.1, 0.15) is 5.56 Å². The Bertz CT molecular complexity index is 945. The lowest BCUT2D eigenvalue weighted by atomic mass is 10.2. The largest absolute Gasteiger partial charge is 0.288 e. The first-order valence-electron chi connectivity index (χ1n) is 8.23. The van der Waals surface area contributed by atoms with E-state index < -0.39 is 7.29 Å². The second-order valence-electron chi connectivity index (χ2n) is 5.77. The first-order valence-corrected chi connectivity index (χ1v) is 9.89. The van der Waals surface area contributed by atoms with Crippen LogP contribution in [0.3, 0.4) is 0 Å². The van der Waals surface area contributed by atoms with Crippen molar-refractivity contribution >= 4 is 24.0 Å². The maximum atomic E-state index is 14.3. The van der Waals surface area contributed by atoms with Crippen molar-refractivity contribution in [1.29, 1.82) is 0 Å². The normalized spacial score (nSPS) is 15.2. The Morgan fingerprint density at radius 2 is 1.27 bits per heavy atom. The molecule has 1 N–H and O–H groups in total. The van der Waals surface area contributed by atoms with E-state index in [1.54, 1.807) is 4.78 Å². The predicted molar refractivity (Wildman–Crippen MR) is 104 cm³/mol. The lowest BCUT2D eigenvalue weighted by molar-refractivity contribution is 0.433. The molecule has 1 heterocycles. The highest BCUT2D eigenvalue weighted by Gasteiger charge is 2.38. The standard InChI is InChI=1S/C20H17N4OP/c25-26(18-12-6-2-7-13-18,19-14-8-3-9-15-19)24-20(21-22-23-24)16-17-10-4-1-5-11-17/h1-16H,(H,21,23)/b20-16+. The summed E-state index contributed by atoms with van der Waals surface area (Å²) in [6.45, 7) is 0. The number of benzene rings is 3. The Morgan fingerprint density at radius 1 is 0.769 bits per heavy atom. The second-order valence-corrected chi connectivity index (χ2v) is 8.36. The van der Waals surface area contributed by atoms with Gasteiger partial charge in [0, 0.05) is 10.6 Å². The van der Waals surface area contributed by atoms with E-state index in [1.165, 1.54) is 0 Å². The molecule has 0 aliphatic carbocycles. The number of nitrogens with one attached hydrogen (secondary N) is 1. The molecule has 1 aliphatic rings. The molecule has 3 aromatic carbocycles. The van der Waals surface area contributed by atoms with Gasteiger partial charge in [-0.2, -0.15) is 10.3 Å². The van der Waals surface area contributed by atoms with Crippen LogP contribution in [0.2, 0.25) is 0 Å². The van der Waals surface area contributed by atoms with Crippen LogP contribution in [0.15, 0.2) is 107 Å². The molecule has 26 heavy (non-hydrogen) atoms. The minimum atomic E-state index is -3.20. The summed E-state index contributed by atoms with van der Waals surface area (Å²) in [7, 11) is -3.20. The lowest BCUT2D eigenvalue weighted by Crippen LogP contribution is -2.35. The lowest BCUT2D eigenvalue weighted by Gasteiger charge is -2.28. The minimum Gasteiger partial charge on any atom is -0.288 e. The molecule has 0 spiro atoms. The van der Waals surface area contributed by atoms with Crippen LogP contribution in [0, 0.1) is 0 Å². The van der Waals surface area contributed by atoms with E-state index in [4.69, 9.17) is 0 Å². The van der Waals surface area contributed by atoms with Crippen molar-refractivity contribution in [1.82, 2.24) is 10.3 Å². The molecule has 0 amide bonds. The van der Waals surface area contributed by atoms with Gasteiger partial charge in [-0.1, -0.05) is 72.0 Å². The van der Waals surface area contributed by atoms with Gasteiger partial charge in [0.1, 0.15) is 0 Å². The van der Waals surface area contributed by atoms with Crippen LogP contribution in [0.25, 0.3) is 6.08 Å². The quantitative estimate of drug-likeness (QED) is 0.713. The van der Waals surface area contributed by atoms with E-state index in [2.05, 4.69) is 15.9 Å². The van der Waals surface area contributed by atoms with Crippen molar-refractivity contribution in [2.75, 3.05) is 0 Å². The Labute approximate surface area is 152 Å². The van der Waals surface area contributed by atoms with Crippen LogP contribution < -0.4 is 16.1 Å².